The van der Waals surface area contributed by atoms with Gasteiger partial charge in [0, 0.05) is 23.6 Å². The highest BCUT2D eigenvalue weighted by atomic mass is 35.5. The molecule has 1 aromatic carbocycles. The largest absolute Gasteiger partial charge is 0.381 e. The molecule has 2 unspecified atom stereocenters. The monoisotopic (exact) mass is 469 g/mol. The molecule has 3 aliphatic rings. The SMILES string of the molecule is O=c1c2c(nc3cc(C4=CC(C5CCOC5)OCC4)nc(-c4ccc(Cl)cc4F)n13)COC2. The molecule has 170 valence electrons. The molecule has 2 aromatic heterocycles. The van der Waals surface area contributed by atoms with E-state index in [0.717, 1.165) is 18.6 Å². The lowest BCUT2D eigenvalue weighted by molar-refractivity contribution is 0.0368. The Hall–Kier alpha value is -2.65. The van der Waals surface area contributed by atoms with Crippen LogP contribution in [-0.2, 0) is 27.4 Å². The third-order valence-electron chi connectivity index (χ3n) is 6.46. The lowest BCUT2D eigenvalue weighted by Gasteiger charge is -2.26. The molecule has 3 aliphatic heterocycles. The zero-order chi connectivity index (χ0) is 22.5. The predicted molar refractivity (Wildman–Crippen MR) is 119 cm³/mol. The second kappa shape index (κ2) is 8.29. The molecule has 1 fully saturated rings. The normalized spacial score (nSPS) is 22.5. The van der Waals surface area contributed by atoms with Crippen molar-refractivity contribution in [3.05, 3.63) is 68.5 Å². The zero-order valence-electron chi connectivity index (χ0n) is 17.7. The van der Waals surface area contributed by atoms with Crippen molar-refractivity contribution in [3.63, 3.8) is 0 Å². The van der Waals surface area contributed by atoms with E-state index < -0.39 is 5.82 Å². The van der Waals surface area contributed by atoms with Gasteiger partial charge < -0.3 is 14.2 Å². The Morgan fingerprint density at radius 1 is 1.12 bits per heavy atom. The average Bonchev–Trinajstić information content (AvgIpc) is 3.51. The molecule has 1 saturated heterocycles. The first-order valence-electron chi connectivity index (χ1n) is 11.0. The van der Waals surface area contributed by atoms with E-state index in [-0.39, 0.29) is 41.3 Å². The summed E-state index contributed by atoms with van der Waals surface area (Å²) in [5, 5.41) is 0.269. The molecule has 0 amide bonds. The fraction of sp³-hybridized carbons (Fsp3) is 0.375. The summed E-state index contributed by atoms with van der Waals surface area (Å²) in [6.45, 7) is 2.43. The van der Waals surface area contributed by atoms with Crippen LogP contribution in [0.2, 0.25) is 5.02 Å². The maximum atomic E-state index is 15.0. The molecule has 0 N–H and O–H groups in total. The first kappa shape index (κ1) is 20.9. The Balaban J connectivity index is 1.57. The lowest BCUT2D eigenvalue weighted by atomic mass is 9.95. The lowest BCUT2D eigenvalue weighted by Crippen LogP contribution is -2.27. The zero-order valence-corrected chi connectivity index (χ0v) is 18.5. The van der Waals surface area contributed by atoms with Crippen LogP contribution in [0.5, 0.6) is 0 Å². The molecule has 7 nitrogen and oxygen atoms in total. The van der Waals surface area contributed by atoms with Crippen LogP contribution in [0.1, 0.15) is 29.8 Å². The molecule has 6 rings (SSSR count). The number of fused-ring (bicyclic) bond motifs is 2. The van der Waals surface area contributed by atoms with Gasteiger partial charge in [-0.3, -0.25) is 4.79 Å². The van der Waals surface area contributed by atoms with Gasteiger partial charge in [-0.15, -0.1) is 0 Å². The van der Waals surface area contributed by atoms with Gasteiger partial charge in [0.2, 0.25) is 0 Å². The smallest absolute Gasteiger partial charge is 0.265 e. The van der Waals surface area contributed by atoms with E-state index in [1.54, 1.807) is 12.1 Å². The van der Waals surface area contributed by atoms with Crippen molar-refractivity contribution < 1.29 is 18.6 Å². The summed E-state index contributed by atoms with van der Waals surface area (Å²) < 4.78 is 33.3. The second-order valence-corrected chi connectivity index (χ2v) is 8.96. The maximum Gasteiger partial charge on any atom is 0.265 e. The van der Waals surface area contributed by atoms with Crippen molar-refractivity contribution in [2.75, 3.05) is 19.8 Å². The molecule has 3 aromatic rings. The summed E-state index contributed by atoms with van der Waals surface area (Å²) in [4.78, 5) is 22.8. The van der Waals surface area contributed by atoms with Crippen LogP contribution in [0.15, 0.2) is 35.1 Å². The molecule has 0 saturated carbocycles. The first-order chi connectivity index (χ1) is 16.1. The summed E-state index contributed by atoms with van der Waals surface area (Å²) in [6.07, 6.45) is 3.63. The van der Waals surface area contributed by atoms with Crippen LogP contribution in [-0.4, -0.2) is 40.3 Å². The molecular formula is C24H21ClFN3O4. The van der Waals surface area contributed by atoms with E-state index >= 15 is 0 Å². The predicted octanol–water partition coefficient (Wildman–Crippen LogP) is 3.79. The van der Waals surface area contributed by atoms with E-state index in [1.165, 1.54) is 16.5 Å². The number of halogens is 2. The Morgan fingerprint density at radius 3 is 2.85 bits per heavy atom. The molecule has 2 atom stereocenters. The van der Waals surface area contributed by atoms with Crippen LogP contribution < -0.4 is 5.56 Å². The highest BCUT2D eigenvalue weighted by Gasteiger charge is 2.29. The summed E-state index contributed by atoms with van der Waals surface area (Å²) in [5.41, 5.74) is 3.03. The van der Waals surface area contributed by atoms with E-state index in [0.29, 0.717) is 48.2 Å². The summed E-state index contributed by atoms with van der Waals surface area (Å²) in [7, 11) is 0. The third kappa shape index (κ3) is 3.67. The van der Waals surface area contributed by atoms with E-state index in [9.17, 15) is 9.18 Å². The number of aromatic nitrogens is 3. The van der Waals surface area contributed by atoms with Crippen LogP contribution in [0.4, 0.5) is 4.39 Å². The van der Waals surface area contributed by atoms with E-state index in [1.807, 2.05) is 0 Å². The minimum absolute atomic E-state index is 0.0615. The van der Waals surface area contributed by atoms with Crippen LogP contribution in [0, 0.1) is 11.7 Å². The van der Waals surface area contributed by atoms with Crippen molar-refractivity contribution in [2.45, 2.75) is 32.2 Å². The van der Waals surface area contributed by atoms with Crippen molar-refractivity contribution in [2.24, 2.45) is 5.92 Å². The molecule has 0 bridgehead atoms. The molecule has 0 radical (unpaired) electrons. The topological polar surface area (TPSA) is 75.0 Å². The maximum absolute atomic E-state index is 15.0. The number of rotatable bonds is 3. The number of benzene rings is 1. The van der Waals surface area contributed by atoms with E-state index in [4.69, 9.17) is 30.8 Å². The Labute approximate surface area is 193 Å². The van der Waals surface area contributed by atoms with Crippen LogP contribution >= 0.6 is 11.6 Å². The molecule has 33 heavy (non-hydrogen) atoms. The van der Waals surface area contributed by atoms with E-state index in [2.05, 4.69) is 11.1 Å². The quantitative estimate of drug-likeness (QED) is 0.581. The van der Waals surface area contributed by atoms with Crippen molar-refractivity contribution in [3.8, 4) is 11.4 Å². The Morgan fingerprint density at radius 2 is 2.03 bits per heavy atom. The van der Waals surface area contributed by atoms with Crippen molar-refractivity contribution >= 4 is 22.8 Å². The number of hydrogen-bond acceptors (Lipinski definition) is 6. The molecule has 0 spiro atoms. The van der Waals surface area contributed by atoms with Gasteiger partial charge in [-0.25, -0.2) is 18.8 Å². The molecule has 0 aliphatic carbocycles. The van der Waals surface area contributed by atoms with Gasteiger partial charge in [0.25, 0.3) is 5.56 Å². The Bertz CT molecular complexity index is 1350. The van der Waals surface area contributed by atoms with Gasteiger partial charge >= 0.3 is 0 Å². The van der Waals surface area contributed by atoms with Gasteiger partial charge in [-0.2, -0.15) is 0 Å². The Kier molecular flexibility index (Phi) is 5.25. The summed E-state index contributed by atoms with van der Waals surface area (Å²) in [6, 6.07) is 6.13. The second-order valence-electron chi connectivity index (χ2n) is 8.52. The van der Waals surface area contributed by atoms with Crippen LogP contribution in [0.3, 0.4) is 0 Å². The first-order valence-corrected chi connectivity index (χ1v) is 11.4. The minimum Gasteiger partial charge on any atom is -0.381 e. The van der Waals surface area contributed by atoms with Gasteiger partial charge in [0.15, 0.2) is 5.82 Å². The minimum atomic E-state index is -0.556. The van der Waals surface area contributed by atoms with Crippen molar-refractivity contribution in [1.82, 2.24) is 14.4 Å². The standard InChI is InChI=1S/C24H21ClFN3O4/c25-15-1-2-16(18(26)8-15)23-28-19(13-4-6-33-21(7-13)14-3-5-31-10-14)9-22-27-20-12-32-11-17(20)24(30)29(22)23/h1-2,7-9,14,21H,3-6,10-12H2. The number of ether oxygens (including phenoxy) is 3. The third-order valence-corrected chi connectivity index (χ3v) is 6.69. The highest BCUT2D eigenvalue weighted by molar-refractivity contribution is 6.30. The van der Waals surface area contributed by atoms with Gasteiger partial charge in [-0.1, -0.05) is 17.7 Å². The number of nitrogens with zero attached hydrogens (tertiary/aromatic N) is 3. The van der Waals surface area contributed by atoms with Gasteiger partial charge in [-0.05, 0) is 36.6 Å². The van der Waals surface area contributed by atoms with Crippen molar-refractivity contribution in [1.29, 1.82) is 0 Å². The molecule has 9 heteroatoms. The van der Waals surface area contributed by atoms with Gasteiger partial charge in [0.1, 0.15) is 11.5 Å². The van der Waals surface area contributed by atoms with Crippen LogP contribution in [0.25, 0.3) is 22.6 Å². The number of hydrogen-bond donors (Lipinski definition) is 0. The fourth-order valence-corrected chi connectivity index (χ4v) is 4.86. The average molecular weight is 470 g/mol. The molecule has 5 heterocycles. The molecular weight excluding hydrogens is 449 g/mol. The summed E-state index contributed by atoms with van der Waals surface area (Å²) >= 11 is 5.97. The fourth-order valence-electron chi connectivity index (χ4n) is 4.70. The summed E-state index contributed by atoms with van der Waals surface area (Å²) in [5.74, 6) is -0.0638. The van der Waals surface area contributed by atoms with Gasteiger partial charge in [0.05, 0.1) is 55.0 Å². The highest BCUT2D eigenvalue weighted by Crippen LogP contribution is 2.32.